The molecule has 7 heteroatoms. The number of hydrogen-bond acceptors (Lipinski definition) is 3. The molecule has 0 saturated heterocycles. The van der Waals surface area contributed by atoms with E-state index in [9.17, 15) is 0 Å². The van der Waals surface area contributed by atoms with Crippen LogP contribution in [0.3, 0.4) is 0 Å². The summed E-state index contributed by atoms with van der Waals surface area (Å²) in [5.41, 5.74) is 2.37. The second kappa shape index (κ2) is 9.01. The summed E-state index contributed by atoms with van der Waals surface area (Å²) in [7, 11) is 7.86. The molecule has 0 spiro atoms. The largest absolute Gasteiger partial charge is 0.354 e. The molecule has 0 amide bonds. The van der Waals surface area contributed by atoms with Gasteiger partial charge in [-0.1, -0.05) is 34.1 Å². The molecular weight excluding hydrogens is 380 g/mol. The van der Waals surface area contributed by atoms with Crippen LogP contribution in [0.25, 0.3) is 0 Å². The number of nitrogens with one attached hydrogen (secondary N) is 2. The number of halogens is 1. The Labute approximate surface area is 158 Å². The molecule has 136 valence electrons. The Morgan fingerprint density at radius 2 is 2.08 bits per heavy atom. The number of aromatic nitrogens is 2. The molecule has 0 saturated carbocycles. The molecule has 25 heavy (non-hydrogen) atoms. The van der Waals surface area contributed by atoms with Crippen LogP contribution in [0, 0.1) is 0 Å². The highest BCUT2D eigenvalue weighted by atomic mass is 79.9. The SMILES string of the molecule is CN=C(NCC(c1cnn(C)c1)N(C)C)NC(C)c1ccccc1Br. The molecule has 2 N–H and O–H groups in total. The van der Waals surface area contributed by atoms with Gasteiger partial charge in [-0.3, -0.25) is 9.67 Å². The lowest BCUT2D eigenvalue weighted by molar-refractivity contribution is 0.298. The lowest BCUT2D eigenvalue weighted by Gasteiger charge is -2.26. The quantitative estimate of drug-likeness (QED) is 0.571. The monoisotopic (exact) mass is 406 g/mol. The summed E-state index contributed by atoms with van der Waals surface area (Å²) in [5, 5.41) is 11.1. The van der Waals surface area contributed by atoms with E-state index in [2.05, 4.69) is 68.6 Å². The molecule has 2 rings (SSSR count). The lowest BCUT2D eigenvalue weighted by Crippen LogP contribution is -2.42. The van der Waals surface area contributed by atoms with Gasteiger partial charge < -0.3 is 15.5 Å². The van der Waals surface area contributed by atoms with E-state index in [1.165, 1.54) is 11.1 Å². The zero-order valence-corrected chi connectivity index (χ0v) is 17.1. The van der Waals surface area contributed by atoms with Gasteiger partial charge in [-0.05, 0) is 32.6 Å². The number of rotatable bonds is 6. The normalized spacial score (nSPS) is 14.4. The summed E-state index contributed by atoms with van der Waals surface area (Å²) in [6.45, 7) is 2.86. The average molecular weight is 407 g/mol. The van der Waals surface area contributed by atoms with Gasteiger partial charge in [0.2, 0.25) is 0 Å². The molecule has 1 aromatic carbocycles. The summed E-state index contributed by atoms with van der Waals surface area (Å²) >= 11 is 3.61. The number of aliphatic imine (C=N–C) groups is 1. The van der Waals surface area contributed by atoms with E-state index in [0.717, 1.165) is 17.0 Å². The number of aryl methyl sites for hydroxylation is 1. The maximum atomic E-state index is 4.35. The van der Waals surface area contributed by atoms with Gasteiger partial charge in [-0.25, -0.2) is 0 Å². The van der Waals surface area contributed by atoms with Crippen LogP contribution in [0.4, 0.5) is 0 Å². The van der Waals surface area contributed by atoms with Gasteiger partial charge >= 0.3 is 0 Å². The molecule has 6 nitrogen and oxygen atoms in total. The fourth-order valence-electron chi connectivity index (χ4n) is 2.71. The van der Waals surface area contributed by atoms with Crippen molar-refractivity contribution < 1.29 is 0 Å². The average Bonchev–Trinajstić information content (AvgIpc) is 3.00. The standard InChI is InChI=1S/C18H27BrN6/c1-13(15-8-6-7-9-16(15)19)23-18(20-2)21-11-17(24(3)4)14-10-22-25(5)12-14/h6-10,12-13,17H,11H2,1-5H3,(H2,20,21,23). The van der Waals surface area contributed by atoms with Gasteiger partial charge in [0.05, 0.1) is 18.3 Å². The minimum absolute atomic E-state index is 0.137. The Morgan fingerprint density at radius 3 is 2.64 bits per heavy atom. The van der Waals surface area contributed by atoms with Crippen LogP contribution >= 0.6 is 15.9 Å². The zero-order valence-electron chi connectivity index (χ0n) is 15.5. The highest BCUT2D eigenvalue weighted by molar-refractivity contribution is 9.10. The zero-order chi connectivity index (χ0) is 18.4. The van der Waals surface area contributed by atoms with Crippen LogP contribution < -0.4 is 10.6 Å². The molecule has 1 aromatic heterocycles. The minimum atomic E-state index is 0.137. The second-order valence-corrected chi connectivity index (χ2v) is 7.12. The summed E-state index contributed by atoms with van der Waals surface area (Å²) in [6.07, 6.45) is 3.96. The molecule has 2 atom stereocenters. The first-order valence-electron chi connectivity index (χ1n) is 8.29. The van der Waals surface area contributed by atoms with E-state index < -0.39 is 0 Å². The van der Waals surface area contributed by atoms with Crippen molar-refractivity contribution in [3.8, 4) is 0 Å². The van der Waals surface area contributed by atoms with Crippen LogP contribution in [-0.2, 0) is 7.05 Å². The summed E-state index contributed by atoms with van der Waals surface area (Å²) in [4.78, 5) is 6.53. The van der Waals surface area contributed by atoms with Crippen molar-refractivity contribution >= 4 is 21.9 Å². The number of likely N-dealkylation sites (N-methyl/N-ethyl adjacent to an activating group) is 1. The van der Waals surface area contributed by atoms with Gasteiger partial charge in [0.1, 0.15) is 0 Å². The van der Waals surface area contributed by atoms with Crippen molar-refractivity contribution in [1.29, 1.82) is 0 Å². The Balaban J connectivity index is 2.00. The van der Waals surface area contributed by atoms with Crippen molar-refractivity contribution in [3.63, 3.8) is 0 Å². The Bertz CT molecular complexity index is 709. The molecule has 2 aromatic rings. The maximum Gasteiger partial charge on any atom is 0.191 e. The Kier molecular flexibility index (Phi) is 7.01. The van der Waals surface area contributed by atoms with Crippen LogP contribution in [0.1, 0.15) is 30.1 Å². The summed E-state index contributed by atoms with van der Waals surface area (Å²) in [6, 6.07) is 8.56. The molecule has 0 radical (unpaired) electrons. The smallest absolute Gasteiger partial charge is 0.191 e. The van der Waals surface area contributed by atoms with E-state index in [1.54, 1.807) is 7.05 Å². The number of nitrogens with zero attached hydrogens (tertiary/aromatic N) is 4. The van der Waals surface area contributed by atoms with Gasteiger partial charge in [0.25, 0.3) is 0 Å². The first kappa shape index (κ1) is 19.5. The van der Waals surface area contributed by atoms with E-state index in [0.29, 0.717) is 0 Å². The Hall–Kier alpha value is -1.86. The third-order valence-electron chi connectivity index (χ3n) is 4.14. The van der Waals surface area contributed by atoms with E-state index in [-0.39, 0.29) is 12.1 Å². The highest BCUT2D eigenvalue weighted by Gasteiger charge is 2.17. The van der Waals surface area contributed by atoms with Crippen LogP contribution in [0.2, 0.25) is 0 Å². The predicted molar refractivity (Wildman–Crippen MR) is 107 cm³/mol. The van der Waals surface area contributed by atoms with Crippen LogP contribution in [-0.4, -0.2) is 48.3 Å². The van der Waals surface area contributed by atoms with E-state index in [1.807, 2.05) is 42.3 Å². The van der Waals surface area contributed by atoms with Crippen molar-refractivity contribution in [1.82, 2.24) is 25.3 Å². The van der Waals surface area contributed by atoms with Gasteiger partial charge in [-0.15, -0.1) is 0 Å². The molecule has 0 aliphatic carbocycles. The van der Waals surface area contributed by atoms with Crippen LogP contribution in [0.15, 0.2) is 46.1 Å². The Morgan fingerprint density at radius 1 is 1.36 bits per heavy atom. The maximum absolute atomic E-state index is 4.35. The third kappa shape index (κ3) is 5.31. The van der Waals surface area contributed by atoms with Crippen molar-refractivity contribution in [2.45, 2.75) is 19.0 Å². The second-order valence-electron chi connectivity index (χ2n) is 6.27. The summed E-state index contributed by atoms with van der Waals surface area (Å²) in [5.74, 6) is 0.777. The minimum Gasteiger partial charge on any atom is -0.354 e. The molecule has 0 aliphatic heterocycles. The third-order valence-corrected chi connectivity index (χ3v) is 4.87. The molecule has 0 bridgehead atoms. The number of benzene rings is 1. The molecule has 0 aliphatic rings. The predicted octanol–water partition coefficient (Wildman–Crippen LogP) is 2.71. The molecule has 0 fully saturated rings. The van der Waals surface area contributed by atoms with Gasteiger partial charge in [0.15, 0.2) is 5.96 Å². The van der Waals surface area contributed by atoms with Crippen LogP contribution in [0.5, 0.6) is 0 Å². The van der Waals surface area contributed by atoms with Crippen molar-refractivity contribution in [2.75, 3.05) is 27.7 Å². The summed E-state index contributed by atoms with van der Waals surface area (Å²) < 4.78 is 2.92. The number of hydrogen-bond donors (Lipinski definition) is 2. The first-order valence-corrected chi connectivity index (χ1v) is 9.08. The first-order chi connectivity index (χ1) is 11.9. The lowest BCUT2D eigenvalue weighted by atomic mass is 10.1. The topological polar surface area (TPSA) is 57.5 Å². The van der Waals surface area contributed by atoms with E-state index in [4.69, 9.17) is 0 Å². The fourth-order valence-corrected chi connectivity index (χ4v) is 3.34. The van der Waals surface area contributed by atoms with Crippen molar-refractivity contribution in [2.24, 2.45) is 12.0 Å². The van der Waals surface area contributed by atoms with Crippen molar-refractivity contribution in [3.05, 3.63) is 52.3 Å². The molecular formula is C18H27BrN6. The molecule has 2 unspecified atom stereocenters. The van der Waals surface area contributed by atoms with Gasteiger partial charge in [0, 0.05) is 36.9 Å². The fraction of sp³-hybridized carbons (Fsp3) is 0.444. The molecule has 1 heterocycles. The number of guanidine groups is 1. The highest BCUT2D eigenvalue weighted by Crippen LogP contribution is 2.22. The van der Waals surface area contributed by atoms with E-state index >= 15 is 0 Å². The van der Waals surface area contributed by atoms with Gasteiger partial charge in [-0.2, -0.15) is 5.10 Å².